The Morgan fingerprint density at radius 2 is 2.02 bits per heavy atom. The SMILES string of the molecule is CC1=NO[C@@]2(CC[C@H](C)N3C[C@H]2n2cc(C(=O)NCc4ccc(F)cc4F)c(=O)c(OC(=O)OC(C)C)c2C3=O)C1. The molecule has 0 radical (unpaired) electrons. The van der Waals surface area contributed by atoms with Crippen molar-refractivity contribution in [1.29, 1.82) is 0 Å². The highest BCUT2D eigenvalue weighted by Crippen LogP contribution is 2.46. The first kappa shape index (κ1) is 28.2. The number of hydrogen-bond donors (Lipinski definition) is 1. The summed E-state index contributed by atoms with van der Waals surface area (Å²) < 4.78 is 39.3. The number of nitrogens with one attached hydrogen (secondary N) is 1. The quantitative estimate of drug-likeness (QED) is 0.541. The molecule has 218 valence electrons. The second kappa shape index (κ2) is 10.6. The van der Waals surface area contributed by atoms with Gasteiger partial charge >= 0.3 is 6.16 Å². The van der Waals surface area contributed by atoms with Crippen LogP contribution < -0.4 is 15.5 Å². The molecule has 3 atom stereocenters. The number of fused-ring (bicyclic) bond motifs is 5. The maximum atomic E-state index is 14.2. The topological polar surface area (TPSA) is 129 Å². The van der Waals surface area contributed by atoms with Gasteiger partial charge < -0.3 is 29.1 Å². The lowest BCUT2D eigenvalue weighted by Gasteiger charge is -2.42. The van der Waals surface area contributed by atoms with Crippen molar-refractivity contribution < 1.29 is 37.5 Å². The van der Waals surface area contributed by atoms with Crippen molar-refractivity contribution >= 4 is 23.7 Å². The lowest BCUT2D eigenvalue weighted by atomic mass is 9.84. The van der Waals surface area contributed by atoms with Crippen LogP contribution in [0.25, 0.3) is 0 Å². The summed E-state index contributed by atoms with van der Waals surface area (Å²) in [7, 11) is 0. The van der Waals surface area contributed by atoms with Crippen LogP contribution in [0.5, 0.6) is 5.75 Å². The number of carbonyl (C=O) groups is 3. The third-order valence-electron chi connectivity index (χ3n) is 7.64. The molecule has 1 N–H and O–H groups in total. The predicted molar refractivity (Wildman–Crippen MR) is 141 cm³/mol. The summed E-state index contributed by atoms with van der Waals surface area (Å²) in [5, 5.41) is 6.62. The molecular weight excluding hydrogens is 542 g/mol. The molecule has 4 heterocycles. The minimum absolute atomic E-state index is 0.00990. The number of ether oxygens (including phenoxy) is 2. The van der Waals surface area contributed by atoms with Gasteiger partial charge in [-0.1, -0.05) is 11.2 Å². The molecule has 3 aliphatic heterocycles. The van der Waals surface area contributed by atoms with Gasteiger partial charge in [-0.05, 0) is 46.6 Å². The monoisotopic (exact) mass is 572 g/mol. The summed E-state index contributed by atoms with van der Waals surface area (Å²) >= 11 is 0. The van der Waals surface area contributed by atoms with Gasteiger partial charge in [-0.25, -0.2) is 13.6 Å². The van der Waals surface area contributed by atoms with E-state index in [9.17, 15) is 28.0 Å². The van der Waals surface area contributed by atoms with Crippen LogP contribution >= 0.6 is 0 Å². The number of halogens is 2. The fourth-order valence-corrected chi connectivity index (χ4v) is 5.60. The average Bonchev–Trinajstić information content (AvgIpc) is 3.23. The Bertz CT molecular complexity index is 1520. The Morgan fingerprint density at radius 1 is 1.27 bits per heavy atom. The molecular formula is C28H30F2N4O7. The Hall–Kier alpha value is -4.29. The smallest absolute Gasteiger partial charge is 0.431 e. The number of amides is 2. The maximum absolute atomic E-state index is 14.2. The molecule has 0 saturated carbocycles. The van der Waals surface area contributed by atoms with Gasteiger partial charge in [0.15, 0.2) is 11.3 Å². The van der Waals surface area contributed by atoms with Gasteiger partial charge in [0.05, 0.1) is 17.9 Å². The first-order valence-corrected chi connectivity index (χ1v) is 13.3. The highest BCUT2D eigenvalue weighted by atomic mass is 19.1. The molecule has 1 aromatic carbocycles. The number of rotatable bonds is 5. The summed E-state index contributed by atoms with van der Waals surface area (Å²) in [5.41, 5.74) is -1.82. The van der Waals surface area contributed by atoms with E-state index in [2.05, 4.69) is 10.5 Å². The molecule has 2 aromatic rings. The van der Waals surface area contributed by atoms with E-state index in [4.69, 9.17) is 14.3 Å². The van der Waals surface area contributed by atoms with Gasteiger partial charge in [-0.3, -0.25) is 14.4 Å². The molecule has 0 aliphatic carbocycles. The zero-order valence-electron chi connectivity index (χ0n) is 23.0. The average molecular weight is 573 g/mol. The van der Waals surface area contributed by atoms with Gasteiger partial charge in [-0.15, -0.1) is 0 Å². The fraction of sp³-hybridized carbons (Fsp3) is 0.464. The maximum Gasteiger partial charge on any atom is 0.514 e. The van der Waals surface area contributed by atoms with Crippen LogP contribution in [-0.2, 0) is 16.1 Å². The van der Waals surface area contributed by atoms with Crippen molar-refractivity contribution in [2.75, 3.05) is 6.54 Å². The fourth-order valence-electron chi connectivity index (χ4n) is 5.60. The van der Waals surface area contributed by atoms with Gasteiger partial charge in [0.1, 0.15) is 17.2 Å². The van der Waals surface area contributed by atoms with Crippen molar-refractivity contribution in [1.82, 2.24) is 14.8 Å². The van der Waals surface area contributed by atoms with Crippen molar-refractivity contribution in [2.24, 2.45) is 5.16 Å². The van der Waals surface area contributed by atoms with Crippen molar-refractivity contribution in [3.05, 3.63) is 63.1 Å². The first-order chi connectivity index (χ1) is 19.4. The molecule has 3 aliphatic rings. The van der Waals surface area contributed by atoms with Crippen molar-refractivity contribution in [3.63, 3.8) is 0 Å². The van der Waals surface area contributed by atoms with Gasteiger partial charge in [0.2, 0.25) is 11.2 Å². The highest BCUT2D eigenvalue weighted by Gasteiger charge is 2.54. The molecule has 5 rings (SSSR count). The van der Waals surface area contributed by atoms with Crippen LogP contribution in [0.15, 0.2) is 34.3 Å². The Kier molecular flexibility index (Phi) is 7.30. The molecule has 2 amide bonds. The highest BCUT2D eigenvalue weighted by molar-refractivity contribution is 6.00. The molecule has 1 saturated heterocycles. The minimum Gasteiger partial charge on any atom is -0.431 e. The number of aromatic nitrogens is 1. The molecule has 11 nitrogen and oxygen atoms in total. The lowest BCUT2D eigenvalue weighted by molar-refractivity contribution is -0.0655. The van der Waals surface area contributed by atoms with Gasteiger partial charge in [0, 0.05) is 43.4 Å². The summed E-state index contributed by atoms with van der Waals surface area (Å²) in [5.74, 6) is -3.77. The van der Waals surface area contributed by atoms with Crippen LogP contribution in [0.3, 0.4) is 0 Å². The van der Waals surface area contributed by atoms with Crippen LogP contribution in [0.1, 0.15) is 79.4 Å². The summed E-state index contributed by atoms with van der Waals surface area (Å²) in [6.45, 7) is 6.72. The molecule has 1 aromatic heterocycles. The predicted octanol–water partition coefficient (Wildman–Crippen LogP) is 3.69. The number of pyridine rings is 1. The van der Waals surface area contributed by atoms with E-state index < -0.39 is 64.1 Å². The molecule has 0 unspecified atom stereocenters. The van der Waals surface area contributed by atoms with E-state index in [1.54, 1.807) is 18.7 Å². The van der Waals surface area contributed by atoms with E-state index >= 15 is 0 Å². The van der Waals surface area contributed by atoms with Crippen molar-refractivity contribution in [3.8, 4) is 5.75 Å². The van der Waals surface area contributed by atoms with Gasteiger partial charge in [-0.2, -0.15) is 0 Å². The van der Waals surface area contributed by atoms with E-state index in [0.29, 0.717) is 25.3 Å². The van der Waals surface area contributed by atoms with Crippen LogP contribution in [0, 0.1) is 11.6 Å². The normalized spacial score (nSPS) is 23.0. The van der Waals surface area contributed by atoms with Crippen LogP contribution in [-0.4, -0.2) is 57.4 Å². The summed E-state index contributed by atoms with van der Waals surface area (Å²) in [6, 6.07) is 2.08. The van der Waals surface area contributed by atoms with E-state index in [0.717, 1.165) is 11.8 Å². The van der Waals surface area contributed by atoms with Crippen LogP contribution in [0.2, 0.25) is 0 Å². The van der Waals surface area contributed by atoms with E-state index in [1.165, 1.54) is 16.8 Å². The molecule has 1 fully saturated rings. The third-order valence-corrected chi connectivity index (χ3v) is 7.64. The number of nitrogens with zero attached hydrogens (tertiary/aromatic N) is 3. The number of hydrogen-bond acceptors (Lipinski definition) is 8. The number of benzene rings is 1. The Labute approximate surface area is 234 Å². The summed E-state index contributed by atoms with van der Waals surface area (Å²) in [6.07, 6.45) is 1.01. The van der Waals surface area contributed by atoms with Crippen molar-refractivity contribution in [2.45, 2.75) is 77.3 Å². The second-order valence-electron chi connectivity index (χ2n) is 10.9. The minimum atomic E-state index is -1.22. The molecule has 1 spiro atoms. The zero-order chi connectivity index (χ0) is 29.6. The standard InChI is InChI=1S/C28H30F2N4O7/c1-14(2)39-27(38)40-24-22-26(37)33-13-21(28(8-7-16(33)4)10-15(3)32-41-28)34(22)12-19(23(24)35)25(36)31-11-17-5-6-18(29)9-20(17)30/h5-6,9,12,14,16,21H,7-8,10-11,13H2,1-4H3,(H,31,36)/t16-,21+,28-/m0/s1. The number of carbonyl (C=O) groups excluding carboxylic acids is 3. The second-order valence-corrected chi connectivity index (χ2v) is 10.9. The Balaban J connectivity index is 1.62. The van der Waals surface area contributed by atoms with Crippen LogP contribution in [0.4, 0.5) is 13.6 Å². The molecule has 2 bridgehead atoms. The lowest BCUT2D eigenvalue weighted by Crippen LogP contribution is -2.52. The third kappa shape index (κ3) is 5.16. The van der Waals surface area contributed by atoms with Gasteiger partial charge in [0.25, 0.3) is 11.8 Å². The molecule has 41 heavy (non-hydrogen) atoms. The zero-order valence-corrected chi connectivity index (χ0v) is 23.0. The molecule has 13 heteroatoms. The van der Waals surface area contributed by atoms with E-state index in [-0.39, 0.29) is 30.4 Å². The Morgan fingerprint density at radius 3 is 2.68 bits per heavy atom. The van der Waals surface area contributed by atoms with E-state index in [1.807, 2.05) is 13.8 Å². The number of oxime groups is 1. The largest absolute Gasteiger partial charge is 0.514 e. The summed E-state index contributed by atoms with van der Waals surface area (Å²) in [4.78, 5) is 60.9. The first-order valence-electron chi connectivity index (χ1n) is 13.3.